The molecule has 0 aromatic carbocycles. The third-order valence-corrected chi connectivity index (χ3v) is 4.82. The summed E-state index contributed by atoms with van der Waals surface area (Å²) in [6.07, 6.45) is 13.9. The van der Waals surface area contributed by atoms with Gasteiger partial charge >= 0.3 is 0 Å². The lowest BCUT2D eigenvalue weighted by atomic mass is 9.66. The van der Waals surface area contributed by atoms with E-state index < -0.39 is 0 Å². The zero-order valence-electron chi connectivity index (χ0n) is 15.7. The fraction of sp³-hybridized carbons (Fsp3) is 0.850. The molecule has 0 bridgehead atoms. The molecule has 2 heteroatoms. The first-order valence-corrected chi connectivity index (χ1v) is 9.32. The first-order chi connectivity index (χ1) is 10.5. The largest absolute Gasteiger partial charge is 0.399 e. The highest BCUT2D eigenvalue weighted by Gasteiger charge is 2.34. The maximum atomic E-state index is 4.83. The molecule has 128 valence electrons. The molecule has 2 aliphatic carbocycles. The van der Waals surface area contributed by atoms with Crippen LogP contribution < -0.4 is 0 Å². The quantitative estimate of drug-likeness (QED) is 0.385. The van der Waals surface area contributed by atoms with Gasteiger partial charge in [-0.1, -0.05) is 52.3 Å². The second-order valence-electron chi connectivity index (χ2n) is 7.57. The van der Waals surface area contributed by atoms with Gasteiger partial charge in [0.15, 0.2) is 0 Å². The Morgan fingerprint density at radius 1 is 1.23 bits per heavy atom. The van der Waals surface area contributed by atoms with Gasteiger partial charge in [0.25, 0.3) is 0 Å². The van der Waals surface area contributed by atoms with Gasteiger partial charge in [-0.25, -0.2) is 0 Å². The normalized spacial score (nSPS) is 25.5. The van der Waals surface area contributed by atoms with Gasteiger partial charge in [0.1, 0.15) is 7.11 Å². The highest BCUT2D eigenvalue weighted by atomic mass is 16.6. The van der Waals surface area contributed by atoms with Crippen LogP contribution >= 0.6 is 0 Å². The first-order valence-electron chi connectivity index (χ1n) is 9.32. The summed E-state index contributed by atoms with van der Waals surface area (Å²) in [5, 5.41) is 3.95. The maximum Gasteiger partial charge on any atom is 0.106 e. The van der Waals surface area contributed by atoms with E-state index in [4.69, 9.17) is 4.84 Å². The van der Waals surface area contributed by atoms with Crippen molar-refractivity contribution in [3.63, 3.8) is 0 Å². The average molecular weight is 308 g/mol. The van der Waals surface area contributed by atoms with Crippen LogP contribution in [0.15, 0.2) is 16.8 Å². The molecule has 22 heavy (non-hydrogen) atoms. The minimum absolute atomic E-state index is 0.533. The van der Waals surface area contributed by atoms with Crippen molar-refractivity contribution in [1.82, 2.24) is 0 Å². The Kier molecular flexibility index (Phi) is 8.20. The minimum Gasteiger partial charge on any atom is -0.399 e. The van der Waals surface area contributed by atoms with E-state index in [0.717, 1.165) is 17.8 Å². The number of oxime groups is 1. The van der Waals surface area contributed by atoms with Crippen LogP contribution in [0, 0.1) is 23.2 Å². The zero-order chi connectivity index (χ0) is 16.6. The van der Waals surface area contributed by atoms with Gasteiger partial charge in [-0.2, -0.15) is 0 Å². The molecule has 0 spiro atoms. The standard InChI is InChI=1S/C18H31NO.C2H6/c1-5-8-18(2,3)12-15-9-14(10-15)11-17(13-19-20-4)16-6-7-16;1-2/h11,13-16H,5-10,12H2,1-4H3;1-2H3/b17-11-,19-13-;. The molecule has 0 aromatic rings. The lowest BCUT2D eigenvalue weighted by molar-refractivity contribution is 0.146. The molecule has 2 aliphatic rings. The van der Waals surface area contributed by atoms with Gasteiger partial charge in [0.2, 0.25) is 0 Å². The summed E-state index contributed by atoms with van der Waals surface area (Å²) in [6.45, 7) is 11.2. The second-order valence-corrected chi connectivity index (χ2v) is 7.57. The molecule has 0 unspecified atom stereocenters. The Morgan fingerprint density at radius 3 is 2.36 bits per heavy atom. The van der Waals surface area contributed by atoms with Crippen molar-refractivity contribution in [3.05, 3.63) is 11.6 Å². The van der Waals surface area contributed by atoms with E-state index in [1.165, 1.54) is 50.5 Å². The van der Waals surface area contributed by atoms with Crippen molar-refractivity contribution < 1.29 is 4.84 Å². The van der Waals surface area contributed by atoms with Gasteiger partial charge < -0.3 is 4.84 Å². The lowest BCUT2D eigenvalue weighted by Crippen LogP contribution is -2.28. The molecule has 0 aliphatic heterocycles. The molecule has 2 nitrogen and oxygen atoms in total. The summed E-state index contributed by atoms with van der Waals surface area (Å²) in [4.78, 5) is 4.83. The molecule has 0 N–H and O–H groups in total. The van der Waals surface area contributed by atoms with E-state index in [0.29, 0.717) is 5.41 Å². The summed E-state index contributed by atoms with van der Waals surface area (Å²) in [6, 6.07) is 0. The highest BCUT2D eigenvalue weighted by Crippen LogP contribution is 2.45. The summed E-state index contributed by atoms with van der Waals surface area (Å²) in [5.74, 6) is 2.50. The molecule has 2 rings (SSSR count). The summed E-state index contributed by atoms with van der Waals surface area (Å²) < 4.78 is 0. The van der Waals surface area contributed by atoms with E-state index in [1.54, 1.807) is 7.11 Å². The second kappa shape index (κ2) is 9.37. The van der Waals surface area contributed by atoms with Gasteiger partial charge in [0.05, 0.1) is 6.21 Å². The van der Waals surface area contributed by atoms with E-state index in [1.807, 2.05) is 20.1 Å². The molecule has 0 saturated heterocycles. The van der Waals surface area contributed by atoms with Crippen LogP contribution in [0.4, 0.5) is 0 Å². The van der Waals surface area contributed by atoms with Crippen LogP contribution in [0.1, 0.15) is 79.6 Å². The van der Waals surface area contributed by atoms with Crippen molar-refractivity contribution in [2.75, 3.05) is 7.11 Å². The minimum atomic E-state index is 0.533. The summed E-state index contributed by atoms with van der Waals surface area (Å²) in [5.41, 5.74) is 1.95. The maximum absolute atomic E-state index is 4.83. The summed E-state index contributed by atoms with van der Waals surface area (Å²) >= 11 is 0. The van der Waals surface area contributed by atoms with Gasteiger partial charge in [-0.3, -0.25) is 0 Å². The van der Waals surface area contributed by atoms with Crippen molar-refractivity contribution in [1.29, 1.82) is 0 Å². The van der Waals surface area contributed by atoms with Crippen LogP contribution in [0.2, 0.25) is 0 Å². The highest BCUT2D eigenvalue weighted by molar-refractivity contribution is 5.79. The molecular weight excluding hydrogens is 270 g/mol. The molecular formula is C20H37NO. The van der Waals surface area contributed by atoms with Gasteiger partial charge in [0, 0.05) is 0 Å². The Labute approximate surface area is 138 Å². The van der Waals surface area contributed by atoms with Crippen LogP contribution in [0.5, 0.6) is 0 Å². The molecule has 0 heterocycles. The van der Waals surface area contributed by atoms with Crippen LogP contribution in [0.25, 0.3) is 0 Å². The molecule has 0 amide bonds. The van der Waals surface area contributed by atoms with Crippen LogP contribution in [-0.2, 0) is 4.84 Å². The Bertz CT molecular complexity index is 360. The topological polar surface area (TPSA) is 21.6 Å². The predicted molar refractivity (Wildman–Crippen MR) is 97.2 cm³/mol. The Hall–Kier alpha value is -0.790. The fourth-order valence-electron chi connectivity index (χ4n) is 3.74. The number of allylic oxidation sites excluding steroid dienone is 2. The van der Waals surface area contributed by atoms with Crippen molar-refractivity contribution >= 4 is 6.21 Å². The molecule has 2 fully saturated rings. The average Bonchev–Trinajstić information content (AvgIpc) is 3.26. The SMILES string of the molecule is CC.CCCC(C)(C)CC1CC(/C=C(/C=N\OC)C2CC2)C1. The fourth-order valence-corrected chi connectivity index (χ4v) is 3.74. The zero-order valence-corrected chi connectivity index (χ0v) is 15.7. The van der Waals surface area contributed by atoms with Crippen LogP contribution in [-0.4, -0.2) is 13.3 Å². The van der Waals surface area contributed by atoms with E-state index in [9.17, 15) is 0 Å². The van der Waals surface area contributed by atoms with E-state index >= 15 is 0 Å². The number of nitrogens with zero attached hydrogens (tertiary/aromatic N) is 1. The Morgan fingerprint density at radius 2 is 1.86 bits per heavy atom. The predicted octanol–water partition coefficient (Wildman–Crippen LogP) is 6.22. The molecule has 0 radical (unpaired) electrons. The Balaban J connectivity index is 0.00000116. The van der Waals surface area contributed by atoms with Gasteiger partial charge in [-0.05, 0) is 67.3 Å². The molecule has 0 aromatic heterocycles. The van der Waals surface area contributed by atoms with Crippen molar-refractivity contribution in [2.24, 2.45) is 28.3 Å². The van der Waals surface area contributed by atoms with Crippen molar-refractivity contribution in [3.8, 4) is 0 Å². The van der Waals surface area contributed by atoms with E-state index in [2.05, 4.69) is 32.0 Å². The molecule has 0 atom stereocenters. The van der Waals surface area contributed by atoms with Crippen molar-refractivity contribution in [2.45, 2.75) is 79.6 Å². The van der Waals surface area contributed by atoms with Gasteiger partial charge in [-0.15, -0.1) is 0 Å². The monoisotopic (exact) mass is 307 g/mol. The van der Waals surface area contributed by atoms with Crippen LogP contribution in [0.3, 0.4) is 0 Å². The van der Waals surface area contributed by atoms with E-state index in [-0.39, 0.29) is 0 Å². The summed E-state index contributed by atoms with van der Waals surface area (Å²) in [7, 11) is 1.62. The first kappa shape index (κ1) is 19.3. The third kappa shape index (κ3) is 6.54. The number of hydrogen-bond donors (Lipinski definition) is 0. The number of hydrogen-bond acceptors (Lipinski definition) is 2. The smallest absolute Gasteiger partial charge is 0.106 e. The number of rotatable bonds is 8. The third-order valence-electron chi connectivity index (χ3n) is 4.82. The lowest BCUT2D eigenvalue weighted by Gasteiger charge is -2.39. The molecule has 2 saturated carbocycles.